The average molecular weight is 403 g/mol. The average Bonchev–Trinajstić information content (AvgIpc) is 2.68. The third-order valence-corrected chi connectivity index (χ3v) is 5.99. The molecule has 2 saturated heterocycles. The second kappa shape index (κ2) is 9.16. The molecule has 29 heavy (non-hydrogen) atoms. The molecule has 160 valence electrons. The lowest BCUT2D eigenvalue weighted by molar-refractivity contribution is -0.139. The van der Waals surface area contributed by atoms with Gasteiger partial charge in [0.1, 0.15) is 12.2 Å². The number of rotatable bonds is 4. The minimum absolute atomic E-state index is 0.0713. The third kappa shape index (κ3) is 6.20. The molecule has 3 rings (SSSR count). The van der Waals surface area contributed by atoms with Crippen LogP contribution in [0.4, 0.5) is 4.79 Å². The van der Waals surface area contributed by atoms with Gasteiger partial charge in [-0.25, -0.2) is 4.79 Å². The fourth-order valence-corrected chi connectivity index (χ4v) is 4.14. The van der Waals surface area contributed by atoms with Gasteiger partial charge in [-0.2, -0.15) is 0 Å². The van der Waals surface area contributed by atoms with Crippen LogP contribution in [0.1, 0.15) is 52.0 Å². The summed E-state index contributed by atoms with van der Waals surface area (Å²) in [5.41, 5.74) is 0.871. The molecule has 0 saturated carbocycles. The van der Waals surface area contributed by atoms with Crippen molar-refractivity contribution in [3.63, 3.8) is 0 Å². The number of piperidine rings is 2. The summed E-state index contributed by atoms with van der Waals surface area (Å²) in [6, 6.07) is 9.91. The van der Waals surface area contributed by atoms with Crippen molar-refractivity contribution in [2.24, 2.45) is 5.41 Å². The molecule has 2 aliphatic heterocycles. The van der Waals surface area contributed by atoms with Gasteiger partial charge in [0.05, 0.1) is 6.61 Å². The first kappa shape index (κ1) is 21.6. The van der Waals surface area contributed by atoms with E-state index in [9.17, 15) is 9.59 Å². The summed E-state index contributed by atoms with van der Waals surface area (Å²) in [5.74, 6) is 0.0713. The maximum atomic E-state index is 12.5. The van der Waals surface area contributed by atoms with Crippen molar-refractivity contribution in [2.45, 2.75) is 58.7 Å². The van der Waals surface area contributed by atoms with Crippen molar-refractivity contribution in [1.29, 1.82) is 0 Å². The van der Waals surface area contributed by atoms with E-state index in [2.05, 4.69) is 0 Å². The molecule has 1 aromatic rings. The molecule has 0 radical (unpaired) electrons. The molecule has 0 aromatic heterocycles. The summed E-state index contributed by atoms with van der Waals surface area (Å²) in [4.78, 5) is 28.5. The molecule has 0 bridgehead atoms. The largest absolute Gasteiger partial charge is 0.444 e. The van der Waals surface area contributed by atoms with Crippen molar-refractivity contribution >= 4 is 12.0 Å². The zero-order chi connectivity index (χ0) is 20.9. The Morgan fingerprint density at radius 3 is 2.03 bits per heavy atom. The molecule has 0 aliphatic carbocycles. The van der Waals surface area contributed by atoms with Crippen molar-refractivity contribution < 1.29 is 19.1 Å². The fraction of sp³-hybridized carbons (Fsp3) is 0.652. The van der Waals surface area contributed by atoms with Crippen LogP contribution in [0, 0.1) is 5.41 Å². The highest BCUT2D eigenvalue weighted by molar-refractivity contribution is 5.77. The van der Waals surface area contributed by atoms with Gasteiger partial charge in [0.2, 0.25) is 5.91 Å². The molecule has 2 amide bonds. The molecule has 2 heterocycles. The smallest absolute Gasteiger partial charge is 0.410 e. The first-order valence-electron chi connectivity index (χ1n) is 10.6. The number of likely N-dealkylation sites (tertiary alicyclic amines) is 2. The van der Waals surface area contributed by atoms with Crippen LogP contribution in [0.15, 0.2) is 30.3 Å². The molecule has 2 fully saturated rings. The predicted octanol–water partition coefficient (Wildman–Crippen LogP) is 3.84. The summed E-state index contributed by atoms with van der Waals surface area (Å²) in [7, 11) is 0. The van der Waals surface area contributed by atoms with Crippen molar-refractivity contribution in [2.75, 3.05) is 32.8 Å². The van der Waals surface area contributed by atoms with Gasteiger partial charge in [-0.05, 0) is 57.4 Å². The molecule has 2 aliphatic rings. The summed E-state index contributed by atoms with van der Waals surface area (Å²) in [5, 5.41) is 0. The first-order chi connectivity index (χ1) is 13.8. The van der Waals surface area contributed by atoms with E-state index in [-0.39, 0.29) is 24.0 Å². The Morgan fingerprint density at radius 2 is 1.48 bits per heavy atom. The van der Waals surface area contributed by atoms with E-state index < -0.39 is 5.60 Å². The topological polar surface area (TPSA) is 59.1 Å². The summed E-state index contributed by atoms with van der Waals surface area (Å²) in [6.45, 7) is 9.32. The number of hydrogen-bond acceptors (Lipinski definition) is 4. The first-order valence-corrected chi connectivity index (χ1v) is 10.6. The maximum Gasteiger partial charge on any atom is 0.410 e. The van der Waals surface area contributed by atoms with Crippen LogP contribution in [0.5, 0.6) is 0 Å². The van der Waals surface area contributed by atoms with Crippen molar-refractivity contribution in [1.82, 2.24) is 9.80 Å². The highest BCUT2D eigenvalue weighted by Gasteiger charge is 2.40. The molecule has 6 nitrogen and oxygen atoms in total. The van der Waals surface area contributed by atoms with Crippen LogP contribution in [0.25, 0.3) is 0 Å². The Hall–Kier alpha value is -2.08. The number of amides is 2. The Bertz CT molecular complexity index is 681. The third-order valence-electron chi connectivity index (χ3n) is 5.99. The van der Waals surface area contributed by atoms with Gasteiger partial charge in [-0.1, -0.05) is 30.3 Å². The quantitative estimate of drug-likeness (QED) is 0.768. The van der Waals surface area contributed by atoms with Gasteiger partial charge in [0.25, 0.3) is 0 Å². The number of carbonyl (C=O) groups is 2. The van der Waals surface area contributed by atoms with E-state index in [1.165, 1.54) is 0 Å². The lowest BCUT2D eigenvalue weighted by atomic mass is 9.71. The molecule has 0 N–H and O–H groups in total. The van der Waals surface area contributed by atoms with Gasteiger partial charge in [-0.15, -0.1) is 0 Å². The normalized spacial score (nSPS) is 19.3. The molecule has 0 atom stereocenters. The summed E-state index contributed by atoms with van der Waals surface area (Å²) in [6.07, 6.45) is 3.76. The predicted molar refractivity (Wildman–Crippen MR) is 111 cm³/mol. The Kier molecular flexibility index (Phi) is 6.83. The monoisotopic (exact) mass is 402 g/mol. The SMILES string of the molecule is CC(C)(C)OC(=O)N1CCC2(CCN(C(=O)COCc3ccccc3)CC2)CC1. The second-order valence-corrected chi connectivity index (χ2v) is 9.33. The van der Waals surface area contributed by atoms with Crippen LogP contribution in [-0.2, 0) is 20.9 Å². The van der Waals surface area contributed by atoms with Crippen LogP contribution in [-0.4, -0.2) is 60.2 Å². The van der Waals surface area contributed by atoms with E-state index in [0.29, 0.717) is 6.61 Å². The van der Waals surface area contributed by atoms with Gasteiger partial charge in [0, 0.05) is 26.2 Å². The van der Waals surface area contributed by atoms with E-state index in [1.54, 1.807) is 0 Å². The van der Waals surface area contributed by atoms with Gasteiger partial charge in [-0.3, -0.25) is 4.79 Å². The maximum absolute atomic E-state index is 12.5. The number of hydrogen-bond donors (Lipinski definition) is 0. The van der Waals surface area contributed by atoms with E-state index in [0.717, 1.165) is 57.4 Å². The molecular formula is C23H34N2O4. The highest BCUT2D eigenvalue weighted by Crippen LogP contribution is 2.41. The molecule has 6 heteroatoms. The minimum atomic E-state index is -0.458. The standard InChI is InChI=1S/C23H34N2O4/c1-22(2,3)29-21(27)25-15-11-23(12-16-25)9-13-24(14-10-23)20(26)18-28-17-19-7-5-4-6-8-19/h4-8H,9-18H2,1-3H3. The zero-order valence-corrected chi connectivity index (χ0v) is 18.0. The number of benzene rings is 1. The van der Waals surface area contributed by atoms with Gasteiger partial charge >= 0.3 is 6.09 Å². The zero-order valence-electron chi connectivity index (χ0n) is 18.0. The number of ether oxygens (including phenoxy) is 2. The second-order valence-electron chi connectivity index (χ2n) is 9.33. The minimum Gasteiger partial charge on any atom is -0.444 e. The van der Waals surface area contributed by atoms with E-state index >= 15 is 0 Å². The van der Waals surface area contributed by atoms with E-state index in [1.807, 2.05) is 60.9 Å². The van der Waals surface area contributed by atoms with Crippen LogP contribution < -0.4 is 0 Å². The lowest BCUT2D eigenvalue weighted by Crippen LogP contribution is -2.50. The highest BCUT2D eigenvalue weighted by atomic mass is 16.6. The molecule has 1 aromatic carbocycles. The Balaban J connectivity index is 1.39. The van der Waals surface area contributed by atoms with Crippen molar-refractivity contribution in [3.05, 3.63) is 35.9 Å². The number of carbonyl (C=O) groups excluding carboxylic acids is 2. The Labute approximate surface area is 174 Å². The van der Waals surface area contributed by atoms with E-state index in [4.69, 9.17) is 9.47 Å². The molecular weight excluding hydrogens is 368 g/mol. The van der Waals surface area contributed by atoms with Crippen LogP contribution in [0.2, 0.25) is 0 Å². The number of nitrogens with zero attached hydrogens (tertiary/aromatic N) is 2. The molecule has 0 unspecified atom stereocenters. The van der Waals surface area contributed by atoms with Crippen LogP contribution >= 0.6 is 0 Å². The fourth-order valence-electron chi connectivity index (χ4n) is 4.14. The summed E-state index contributed by atoms with van der Waals surface area (Å²) < 4.78 is 11.1. The summed E-state index contributed by atoms with van der Waals surface area (Å²) >= 11 is 0. The van der Waals surface area contributed by atoms with Gasteiger partial charge < -0.3 is 19.3 Å². The van der Waals surface area contributed by atoms with Crippen molar-refractivity contribution in [3.8, 4) is 0 Å². The Morgan fingerprint density at radius 1 is 0.931 bits per heavy atom. The molecule has 1 spiro atoms. The van der Waals surface area contributed by atoms with Crippen LogP contribution in [0.3, 0.4) is 0 Å². The lowest BCUT2D eigenvalue weighted by Gasteiger charge is -2.46. The van der Waals surface area contributed by atoms with Gasteiger partial charge in [0.15, 0.2) is 0 Å².